The molecule has 43 heteroatoms. The van der Waals surface area contributed by atoms with Crippen LogP contribution in [0, 0.1) is 23.7 Å². The lowest BCUT2D eigenvalue weighted by molar-refractivity contribution is -0.156. The van der Waals surface area contributed by atoms with Crippen molar-refractivity contribution in [3.8, 4) is 0 Å². The summed E-state index contributed by atoms with van der Waals surface area (Å²) in [6, 6.07) is -15.7. The first-order valence-corrected chi connectivity index (χ1v) is 43.8. The number of carbonyl (C=O) groups is 20. The lowest BCUT2D eigenvalue weighted by Gasteiger charge is -2.31. The molecule has 20 unspecified atom stereocenters. The number of amides is 19. The van der Waals surface area contributed by atoms with Gasteiger partial charge in [-0.1, -0.05) is 124 Å². The van der Waals surface area contributed by atoms with E-state index in [4.69, 9.17) is 16.2 Å². The Morgan fingerprint density at radius 1 is 0.512 bits per heavy atom. The van der Waals surface area contributed by atoms with E-state index in [0.717, 1.165) is 25.3 Å². The zero-order valence-electron chi connectivity index (χ0n) is 77.8. The minimum absolute atomic E-state index is 0.0698. The third-order valence-electron chi connectivity index (χ3n) is 21.2. The Balaban J connectivity index is 1.59. The predicted octanol–water partition coefficient (Wildman–Crippen LogP) is -4.23. The maximum absolute atomic E-state index is 14.3. The molecule has 1 aromatic rings. The van der Waals surface area contributed by atoms with Crippen LogP contribution in [0.2, 0.25) is 0 Å². The maximum Gasteiger partial charge on any atom is 0.329 e. The standard InChI is InChI=1S/C86H139N21O22/c1-22-25-27-33-55(108)38-61(109)97-57(24-3)85(127)107-35-30-34-60(107)78(120)99-58(36-40(4)5)77(119)94-49(17)71(113)92-47(15)69(111)91-48(16)70(112)93-50(18)73(115)101-63(41(6)7)79(121)89-39-62(110)90-46(14)72(114)102-64(42(8)9)80(122)95-51(19)74(116)103-65(43(10)11)81(123)98-56(23-2)76(118)106-68-53(21)129-86(128)59(37-54-31-28-26-29-32-54)100-82(124)66(44(12)87)105-83(125)67(45(13)88)104-75(117)52(20)96-84(68)126/h23-24,26,28-29,31-32,40-53,55,58-60,63-68,108H,22,25,27,30,33-39,87-88H2,1-21H3,(H,89,121)(H,90,110)(H,91,111)(H,92,113)(H,93,112)(H,94,119)(H,95,122)(H,96,126)(H,97,109)(H,98,123)(H,99,120)(H,100,124)(H,101,115)(H,102,114)(H,103,116)(H,104,117)(H,105,125)(H,106,118). The quantitative estimate of drug-likeness (QED) is 0.0167. The smallest absolute Gasteiger partial charge is 0.329 e. The number of allylic oxidation sites excluding steroid dienone is 2. The van der Waals surface area contributed by atoms with Crippen molar-refractivity contribution in [2.75, 3.05) is 13.1 Å². The number of nitrogens with zero attached hydrogens (tertiary/aromatic N) is 1. The normalized spacial score (nSPS) is 20.8. The van der Waals surface area contributed by atoms with Gasteiger partial charge in [0.05, 0.1) is 19.1 Å². The van der Waals surface area contributed by atoms with E-state index < -0.39 is 269 Å². The van der Waals surface area contributed by atoms with Gasteiger partial charge < -0.3 is 122 Å². The monoisotopic (exact) mass is 1820 g/mol. The number of nitrogens with two attached hydrogens (primary N) is 2. The molecule has 2 aliphatic rings. The van der Waals surface area contributed by atoms with Gasteiger partial charge >= 0.3 is 5.97 Å². The van der Waals surface area contributed by atoms with E-state index in [1.54, 1.807) is 78.8 Å². The highest BCUT2D eigenvalue weighted by Crippen LogP contribution is 2.22. The van der Waals surface area contributed by atoms with Crippen molar-refractivity contribution in [2.45, 2.75) is 324 Å². The molecule has 19 amide bonds. The van der Waals surface area contributed by atoms with Gasteiger partial charge in [-0.2, -0.15) is 0 Å². The number of unbranched alkanes of at least 4 members (excludes halogenated alkanes) is 2. The summed E-state index contributed by atoms with van der Waals surface area (Å²) < 4.78 is 5.78. The number of benzene rings is 1. The molecular weight excluding hydrogens is 1680 g/mol. The molecule has 0 aliphatic carbocycles. The van der Waals surface area contributed by atoms with E-state index in [-0.39, 0.29) is 43.8 Å². The van der Waals surface area contributed by atoms with Gasteiger partial charge in [-0.25, -0.2) is 4.79 Å². The Labute approximate surface area is 753 Å². The molecule has 2 heterocycles. The second-order valence-electron chi connectivity index (χ2n) is 34.3. The molecule has 2 saturated heterocycles. The van der Waals surface area contributed by atoms with Gasteiger partial charge in [0.25, 0.3) is 11.8 Å². The molecule has 23 N–H and O–H groups in total. The van der Waals surface area contributed by atoms with Crippen LogP contribution in [0.15, 0.2) is 53.9 Å². The van der Waals surface area contributed by atoms with Crippen LogP contribution >= 0.6 is 0 Å². The highest BCUT2D eigenvalue weighted by Gasteiger charge is 2.43. The Morgan fingerprint density at radius 2 is 0.961 bits per heavy atom. The van der Waals surface area contributed by atoms with E-state index in [2.05, 4.69) is 95.7 Å². The highest BCUT2D eigenvalue weighted by molar-refractivity contribution is 6.05. The zero-order chi connectivity index (χ0) is 97.9. The number of aliphatic hydroxyl groups is 1. The van der Waals surface area contributed by atoms with Crippen LogP contribution in [0.3, 0.4) is 0 Å². The van der Waals surface area contributed by atoms with Crippen molar-refractivity contribution >= 4 is 118 Å². The van der Waals surface area contributed by atoms with Crippen LogP contribution in [0.25, 0.3) is 0 Å². The lowest BCUT2D eigenvalue weighted by atomic mass is 10.0. The first kappa shape index (κ1) is 111. The maximum atomic E-state index is 14.3. The minimum atomic E-state index is -1.85. The van der Waals surface area contributed by atoms with E-state index in [0.29, 0.717) is 18.4 Å². The van der Waals surface area contributed by atoms with Crippen LogP contribution in [0.5, 0.6) is 0 Å². The van der Waals surface area contributed by atoms with Crippen molar-refractivity contribution in [1.82, 2.24) is 101 Å². The first-order chi connectivity index (χ1) is 60.3. The van der Waals surface area contributed by atoms with Gasteiger partial charge in [-0.15, -0.1) is 0 Å². The molecule has 43 nitrogen and oxygen atoms in total. The molecule has 2 aliphatic heterocycles. The van der Waals surface area contributed by atoms with Crippen LogP contribution in [0.1, 0.15) is 202 Å². The SMILES string of the molecule is CC=C(NC(=O)C(NC(=O)C(C)NC(=O)C(NC(=O)C(C)NC(=O)CNC(=O)C(NC(=O)C(C)NC(=O)C(C)NC(=O)C(C)NC(=O)C(C)NC(=O)C(CC(C)C)NC(=O)C1CCCN1C(=O)C(=CC)NC(=O)CC(O)CCCCC)C(C)C)C(C)C)C(C)C)C(=O)NC1C(=O)NC(C)C(=O)NC(C(C)N)C(=O)NC(C(C)N)C(=O)NC(Cc2ccccc2)C(=O)OC1C. The number of hydrogen-bond donors (Lipinski definition) is 21. The van der Waals surface area contributed by atoms with Gasteiger partial charge in [0.2, 0.25) is 100 Å². The summed E-state index contributed by atoms with van der Waals surface area (Å²) in [6.07, 6.45) is 3.50. The zero-order valence-corrected chi connectivity index (χ0v) is 77.8. The summed E-state index contributed by atoms with van der Waals surface area (Å²) in [5, 5.41) is 55.2. The molecule has 0 saturated carbocycles. The van der Waals surface area contributed by atoms with Crippen LogP contribution in [-0.2, 0) is 107 Å². The average molecular weight is 1820 g/mol. The van der Waals surface area contributed by atoms with E-state index in [1.807, 2.05) is 20.8 Å². The van der Waals surface area contributed by atoms with Crippen molar-refractivity contribution < 1.29 is 106 Å². The van der Waals surface area contributed by atoms with Gasteiger partial charge in [-0.3, -0.25) is 91.1 Å². The molecule has 129 heavy (non-hydrogen) atoms. The molecule has 0 radical (unpaired) electrons. The summed E-state index contributed by atoms with van der Waals surface area (Å²) >= 11 is 0. The summed E-state index contributed by atoms with van der Waals surface area (Å²) in [7, 11) is 0. The number of aliphatic hydroxyl groups excluding tert-OH is 1. The van der Waals surface area contributed by atoms with E-state index >= 15 is 0 Å². The van der Waals surface area contributed by atoms with Gasteiger partial charge in [0, 0.05) is 25.0 Å². The number of cyclic esters (lactones) is 1. The second kappa shape index (κ2) is 53.7. The number of likely N-dealkylation sites (tertiary alicyclic amines) is 1. The van der Waals surface area contributed by atoms with Crippen LogP contribution in [0.4, 0.5) is 0 Å². The van der Waals surface area contributed by atoms with E-state index in [1.165, 1.54) is 87.1 Å². The number of carbonyl (C=O) groups excluding carboxylic acids is 20. The summed E-state index contributed by atoms with van der Waals surface area (Å²) in [5.41, 5.74) is 12.3. The fourth-order valence-corrected chi connectivity index (χ4v) is 13.3. The van der Waals surface area contributed by atoms with Gasteiger partial charge in [0.15, 0.2) is 0 Å². The van der Waals surface area contributed by atoms with Crippen molar-refractivity contribution in [3.05, 3.63) is 59.4 Å². The molecule has 0 spiro atoms. The molecule has 2 fully saturated rings. The van der Waals surface area contributed by atoms with Crippen LogP contribution in [-0.4, -0.2) is 262 Å². The predicted molar refractivity (Wildman–Crippen MR) is 472 cm³/mol. The van der Waals surface area contributed by atoms with Crippen molar-refractivity contribution in [1.29, 1.82) is 0 Å². The molecule has 0 aromatic heterocycles. The fourth-order valence-electron chi connectivity index (χ4n) is 13.3. The topological polar surface area (TPSA) is 643 Å². The molecular formula is C86H139N21O22. The summed E-state index contributed by atoms with van der Waals surface area (Å²) in [6.45, 7) is 30.5. The Morgan fingerprint density at radius 3 is 1.43 bits per heavy atom. The van der Waals surface area contributed by atoms with Gasteiger partial charge in [0.1, 0.15) is 114 Å². The van der Waals surface area contributed by atoms with Gasteiger partial charge in [-0.05, 0) is 138 Å². The van der Waals surface area contributed by atoms with Crippen molar-refractivity contribution in [3.63, 3.8) is 0 Å². The van der Waals surface area contributed by atoms with Crippen LogP contribution < -0.4 is 107 Å². The molecule has 720 valence electrons. The molecule has 0 bridgehead atoms. The average Bonchev–Trinajstić information content (AvgIpc) is 1.54. The Kier molecular flexibility index (Phi) is 46.3. The fraction of sp³-hybridized carbons (Fsp3) is 0.651. The number of esters is 1. The molecule has 1 aromatic carbocycles. The van der Waals surface area contributed by atoms with Crippen molar-refractivity contribution in [2.24, 2.45) is 35.1 Å². The number of rotatable bonds is 43. The summed E-state index contributed by atoms with van der Waals surface area (Å²) in [5.74, 6) is -19.5. The Hall–Kier alpha value is -12.0. The lowest BCUT2D eigenvalue weighted by Crippen LogP contribution is -2.65. The summed E-state index contributed by atoms with van der Waals surface area (Å²) in [4.78, 5) is 275. The minimum Gasteiger partial charge on any atom is -0.458 e. The molecule has 3 rings (SSSR count). The third kappa shape index (κ3) is 36.2. The highest BCUT2D eigenvalue weighted by atomic mass is 16.5. The number of hydrogen-bond acceptors (Lipinski definition) is 24. The first-order valence-electron chi connectivity index (χ1n) is 43.8. The molecule has 20 atom stereocenters. The number of ether oxygens (including phenoxy) is 1. The van der Waals surface area contributed by atoms with E-state index in [9.17, 15) is 101 Å². The second-order valence-corrected chi connectivity index (χ2v) is 34.3. The number of nitrogens with one attached hydrogen (secondary N) is 18. The Bertz CT molecular complexity index is 4200. The largest absolute Gasteiger partial charge is 0.458 e. The third-order valence-corrected chi connectivity index (χ3v) is 21.2.